The number of nitrogens with zero attached hydrogens (tertiary/aromatic N) is 1. The molecule has 2 aromatic rings. The van der Waals surface area contributed by atoms with Crippen molar-refractivity contribution in [1.82, 2.24) is 0 Å². The summed E-state index contributed by atoms with van der Waals surface area (Å²) in [6.07, 6.45) is 1.67. The number of ether oxygens (including phenoxy) is 1. The molecule has 1 atom stereocenters. The quantitative estimate of drug-likeness (QED) is 0.939. The number of methoxy groups -OCH3 is 1. The number of rotatable bonds is 3. The third-order valence-electron chi connectivity index (χ3n) is 4.20. The summed E-state index contributed by atoms with van der Waals surface area (Å²) < 4.78 is 5.15. The second-order valence-electron chi connectivity index (χ2n) is 5.59. The summed E-state index contributed by atoms with van der Waals surface area (Å²) in [6.45, 7) is 1.10. The summed E-state index contributed by atoms with van der Waals surface area (Å²) in [7, 11) is 3.77. The molecular weight excluding hydrogens is 262 g/mol. The number of aryl methyl sites for hydroxylation is 1. The fourth-order valence-corrected chi connectivity index (χ4v) is 2.95. The maximum atomic E-state index is 10.6. The zero-order chi connectivity index (χ0) is 14.8. The van der Waals surface area contributed by atoms with Gasteiger partial charge in [-0.15, -0.1) is 0 Å². The molecule has 0 bridgehead atoms. The number of anilines is 1. The largest absolute Gasteiger partial charge is 0.497 e. The van der Waals surface area contributed by atoms with Gasteiger partial charge in [-0.05, 0) is 47.7 Å². The fourth-order valence-electron chi connectivity index (χ4n) is 2.95. The lowest BCUT2D eigenvalue weighted by molar-refractivity contribution is 0.220. The van der Waals surface area contributed by atoms with Crippen LogP contribution in [-0.4, -0.2) is 25.8 Å². The van der Waals surface area contributed by atoms with Crippen LogP contribution >= 0.6 is 0 Å². The van der Waals surface area contributed by atoms with Gasteiger partial charge in [-0.2, -0.15) is 0 Å². The van der Waals surface area contributed by atoms with Crippen LogP contribution in [0.15, 0.2) is 42.5 Å². The predicted octanol–water partition coefficient (Wildman–Crippen LogP) is 3.16. The van der Waals surface area contributed by atoms with Crippen molar-refractivity contribution in [2.24, 2.45) is 0 Å². The van der Waals surface area contributed by atoms with Gasteiger partial charge in [-0.25, -0.2) is 0 Å². The van der Waals surface area contributed by atoms with Gasteiger partial charge in [0.2, 0.25) is 0 Å². The average molecular weight is 283 g/mol. The summed E-state index contributed by atoms with van der Waals surface area (Å²) in [4.78, 5) is 2.28. The Hall–Kier alpha value is -2.00. The first-order valence-electron chi connectivity index (χ1n) is 7.35. The minimum atomic E-state index is -0.589. The molecule has 1 N–H and O–H groups in total. The highest BCUT2D eigenvalue weighted by Crippen LogP contribution is 2.31. The number of aliphatic hydroxyl groups excluding tert-OH is 1. The third-order valence-corrected chi connectivity index (χ3v) is 4.20. The molecule has 1 heterocycles. The van der Waals surface area contributed by atoms with Gasteiger partial charge in [0, 0.05) is 19.3 Å². The summed E-state index contributed by atoms with van der Waals surface area (Å²) in [5.41, 5.74) is 4.45. The molecule has 1 unspecified atom stereocenters. The van der Waals surface area contributed by atoms with E-state index in [2.05, 4.69) is 24.1 Å². The van der Waals surface area contributed by atoms with Crippen molar-refractivity contribution in [3.63, 3.8) is 0 Å². The first-order chi connectivity index (χ1) is 10.2. The smallest absolute Gasteiger partial charge is 0.118 e. The topological polar surface area (TPSA) is 32.7 Å². The maximum Gasteiger partial charge on any atom is 0.118 e. The normalized spacial score (nSPS) is 15.5. The number of hydrogen-bond acceptors (Lipinski definition) is 3. The van der Waals surface area contributed by atoms with Gasteiger partial charge in [-0.1, -0.05) is 24.3 Å². The van der Waals surface area contributed by atoms with Crippen molar-refractivity contribution in [2.75, 3.05) is 25.6 Å². The van der Waals surface area contributed by atoms with Gasteiger partial charge in [-0.3, -0.25) is 0 Å². The Morgan fingerprint density at radius 1 is 1.10 bits per heavy atom. The van der Waals surface area contributed by atoms with Crippen molar-refractivity contribution in [1.29, 1.82) is 0 Å². The monoisotopic (exact) mass is 283 g/mol. The van der Waals surface area contributed by atoms with Crippen molar-refractivity contribution < 1.29 is 9.84 Å². The van der Waals surface area contributed by atoms with E-state index in [4.69, 9.17) is 4.74 Å². The van der Waals surface area contributed by atoms with Gasteiger partial charge < -0.3 is 14.7 Å². The van der Waals surface area contributed by atoms with E-state index in [1.165, 1.54) is 17.7 Å². The number of hydrogen-bond donors (Lipinski definition) is 1. The van der Waals surface area contributed by atoms with Crippen LogP contribution in [0.5, 0.6) is 5.75 Å². The van der Waals surface area contributed by atoms with Gasteiger partial charge >= 0.3 is 0 Å². The molecule has 1 aliphatic heterocycles. The van der Waals surface area contributed by atoms with Gasteiger partial charge in [0.25, 0.3) is 0 Å². The molecule has 0 radical (unpaired) electrons. The van der Waals surface area contributed by atoms with Crippen LogP contribution < -0.4 is 9.64 Å². The van der Waals surface area contributed by atoms with Gasteiger partial charge in [0.05, 0.1) is 7.11 Å². The van der Waals surface area contributed by atoms with Crippen LogP contribution in [-0.2, 0) is 6.42 Å². The van der Waals surface area contributed by atoms with Crippen LogP contribution in [0.1, 0.15) is 29.2 Å². The van der Waals surface area contributed by atoms with E-state index in [1.807, 2.05) is 30.3 Å². The molecule has 3 heteroatoms. The first kappa shape index (κ1) is 14.0. The molecule has 2 aromatic carbocycles. The maximum absolute atomic E-state index is 10.6. The molecule has 110 valence electrons. The van der Waals surface area contributed by atoms with E-state index in [1.54, 1.807) is 7.11 Å². The molecule has 0 spiro atoms. The lowest BCUT2D eigenvalue weighted by Crippen LogP contribution is -2.24. The molecule has 3 rings (SSSR count). The van der Waals surface area contributed by atoms with E-state index in [-0.39, 0.29) is 0 Å². The molecule has 0 saturated carbocycles. The van der Waals surface area contributed by atoms with Crippen molar-refractivity contribution in [3.8, 4) is 5.75 Å². The number of benzene rings is 2. The van der Waals surface area contributed by atoms with Crippen molar-refractivity contribution in [2.45, 2.75) is 18.9 Å². The molecule has 0 aromatic heterocycles. The highest BCUT2D eigenvalue weighted by atomic mass is 16.5. The summed E-state index contributed by atoms with van der Waals surface area (Å²) in [5, 5.41) is 10.6. The van der Waals surface area contributed by atoms with Gasteiger partial charge in [0.15, 0.2) is 0 Å². The highest BCUT2D eigenvalue weighted by molar-refractivity contribution is 5.57. The zero-order valence-electron chi connectivity index (χ0n) is 12.5. The standard InChI is InChI=1S/C18H21NO2/c1-19-11-3-4-14-12-15(7-10-17(14)19)18(20)13-5-8-16(21-2)9-6-13/h5-10,12,18,20H,3-4,11H2,1-2H3. The van der Waals surface area contributed by atoms with E-state index in [9.17, 15) is 5.11 Å². The molecule has 0 fully saturated rings. The van der Waals surface area contributed by atoms with E-state index in [0.717, 1.165) is 29.8 Å². The Morgan fingerprint density at radius 2 is 1.81 bits per heavy atom. The average Bonchev–Trinajstić information content (AvgIpc) is 2.54. The fraction of sp³-hybridized carbons (Fsp3) is 0.333. The second kappa shape index (κ2) is 5.78. The number of fused-ring (bicyclic) bond motifs is 1. The SMILES string of the molecule is COc1ccc(C(O)c2ccc3c(c2)CCCN3C)cc1. The van der Waals surface area contributed by atoms with E-state index >= 15 is 0 Å². The summed E-state index contributed by atoms with van der Waals surface area (Å²) >= 11 is 0. The minimum Gasteiger partial charge on any atom is -0.497 e. The zero-order valence-corrected chi connectivity index (χ0v) is 12.5. The lowest BCUT2D eigenvalue weighted by atomic mass is 9.95. The second-order valence-corrected chi connectivity index (χ2v) is 5.59. The predicted molar refractivity (Wildman–Crippen MR) is 85.1 cm³/mol. The lowest BCUT2D eigenvalue weighted by Gasteiger charge is -2.28. The molecule has 0 amide bonds. The first-order valence-corrected chi connectivity index (χ1v) is 7.35. The van der Waals surface area contributed by atoms with Crippen molar-refractivity contribution >= 4 is 5.69 Å². The van der Waals surface area contributed by atoms with Crippen LogP contribution in [0.4, 0.5) is 5.69 Å². The Labute approximate surface area is 125 Å². The highest BCUT2D eigenvalue weighted by Gasteiger charge is 2.17. The molecule has 3 nitrogen and oxygen atoms in total. The summed E-state index contributed by atoms with van der Waals surface area (Å²) in [6, 6.07) is 13.9. The Morgan fingerprint density at radius 3 is 2.52 bits per heavy atom. The minimum absolute atomic E-state index is 0.589. The Kier molecular flexibility index (Phi) is 3.84. The van der Waals surface area contributed by atoms with Crippen LogP contribution in [0.25, 0.3) is 0 Å². The summed E-state index contributed by atoms with van der Waals surface area (Å²) in [5.74, 6) is 0.804. The van der Waals surface area contributed by atoms with Crippen LogP contribution in [0, 0.1) is 0 Å². The van der Waals surface area contributed by atoms with E-state index in [0.29, 0.717) is 0 Å². The third kappa shape index (κ3) is 2.74. The Balaban J connectivity index is 1.88. The van der Waals surface area contributed by atoms with Gasteiger partial charge in [0.1, 0.15) is 11.9 Å². The number of aliphatic hydroxyl groups is 1. The molecule has 0 saturated heterocycles. The van der Waals surface area contributed by atoms with Crippen LogP contribution in [0.3, 0.4) is 0 Å². The molecule has 0 aliphatic carbocycles. The van der Waals surface area contributed by atoms with E-state index < -0.39 is 6.10 Å². The molecule has 1 aliphatic rings. The molecular formula is C18H21NO2. The van der Waals surface area contributed by atoms with Crippen LogP contribution in [0.2, 0.25) is 0 Å². The molecule has 21 heavy (non-hydrogen) atoms. The van der Waals surface area contributed by atoms with Crippen molar-refractivity contribution in [3.05, 3.63) is 59.2 Å². The Bertz CT molecular complexity index is 622.